The number of aryl methyl sites for hydroxylation is 1. The van der Waals surface area contributed by atoms with Gasteiger partial charge in [0.05, 0.1) is 17.8 Å². The van der Waals surface area contributed by atoms with Crippen LogP contribution in [-0.4, -0.2) is 48.7 Å². The molecular formula is C24H30N2O4. The molecule has 2 unspecified atom stereocenters. The van der Waals surface area contributed by atoms with E-state index in [1.165, 1.54) is 0 Å². The molecule has 0 aliphatic carbocycles. The molecule has 0 saturated carbocycles. The summed E-state index contributed by atoms with van der Waals surface area (Å²) in [4.78, 5) is 26.8. The number of esters is 1. The predicted octanol–water partition coefficient (Wildman–Crippen LogP) is 3.65. The number of morpholine rings is 1. The number of carbonyl (C=O) groups excluding carboxylic acids is 2. The number of amides is 1. The van der Waals surface area contributed by atoms with Crippen molar-refractivity contribution in [2.24, 2.45) is 0 Å². The third-order valence-corrected chi connectivity index (χ3v) is 5.10. The number of carbonyl (C=O) groups is 2. The van der Waals surface area contributed by atoms with Gasteiger partial charge in [-0.15, -0.1) is 0 Å². The zero-order chi connectivity index (χ0) is 21.5. The van der Waals surface area contributed by atoms with Crippen molar-refractivity contribution in [1.82, 2.24) is 4.90 Å². The molecule has 3 rings (SSSR count). The summed E-state index contributed by atoms with van der Waals surface area (Å²) in [5.41, 5.74) is 3.35. The molecule has 1 fully saturated rings. The summed E-state index contributed by atoms with van der Waals surface area (Å²) >= 11 is 0. The van der Waals surface area contributed by atoms with Gasteiger partial charge in [0.1, 0.15) is 0 Å². The fraction of sp³-hybridized carbons (Fsp3) is 0.417. The maximum Gasteiger partial charge on any atom is 0.338 e. The number of rotatable bonds is 7. The van der Waals surface area contributed by atoms with E-state index in [0.29, 0.717) is 5.56 Å². The summed E-state index contributed by atoms with van der Waals surface area (Å²) < 4.78 is 10.9. The SMILES string of the molecule is CCc1ccccc1NC(=O)COC(=O)c1ccc(CN2CC(C)OC(C)C2)cc1. The Kier molecular flexibility index (Phi) is 7.60. The first-order valence-corrected chi connectivity index (χ1v) is 10.5. The van der Waals surface area contributed by atoms with Gasteiger partial charge in [-0.3, -0.25) is 9.69 Å². The van der Waals surface area contributed by atoms with Crippen LogP contribution in [0, 0.1) is 0 Å². The van der Waals surface area contributed by atoms with Crippen molar-refractivity contribution >= 4 is 17.6 Å². The van der Waals surface area contributed by atoms with Gasteiger partial charge in [-0.2, -0.15) is 0 Å². The number of hydrogen-bond acceptors (Lipinski definition) is 5. The Labute approximate surface area is 178 Å². The number of hydrogen-bond donors (Lipinski definition) is 1. The van der Waals surface area contributed by atoms with E-state index in [9.17, 15) is 9.59 Å². The second-order valence-corrected chi connectivity index (χ2v) is 7.78. The maximum absolute atomic E-state index is 12.3. The number of benzene rings is 2. The van der Waals surface area contributed by atoms with E-state index < -0.39 is 5.97 Å². The van der Waals surface area contributed by atoms with Gasteiger partial charge >= 0.3 is 5.97 Å². The summed E-state index contributed by atoms with van der Waals surface area (Å²) in [7, 11) is 0. The van der Waals surface area contributed by atoms with Crippen molar-refractivity contribution in [3.8, 4) is 0 Å². The largest absolute Gasteiger partial charge is 0.452 e. The van der Waals surface area contributed by atoms with E-state index in [1.807, 2.05) is 43.3 Å². The fourth-order valence-electron chi connectivity index (χ4n) is 3.77. The Balaban J connectivity index is 1.49. The van der Waals surface area contributed by atoms with Crippen LogP contribution in [0.25, 0.3) is 0 Å². The molecule has 2 aromatic rings. The molecule has 2 aromatic carbocycles. The third-order valence-electron chi connectivity index (χ3n) is 5.10. The molecule has 0 spiro atoms. The van der Waals surface area contributed by atoms with E-state index >= 15 is 0 Å². The molecule has 1 aliphatic rings. The minimum Gasteiger partial charge on any atom is -0.452 e. The van der Waals surface area contributed by atoms with Crippen LogP contribution >= 0.6 is 0 Å². The van der Waals surface area contributed by atoms with Gasteiger partial charge in [-0.1, -0.05) is 37.3 Å². The summed E-state index contributed by atoms with van der Waals surface area (Å²) in [5.74, 6) is -0.856. The number of para-hydroxylation sites is 1. The van der Waals surface area contributed by atoms with Crippen molar-refractivity contribution in [2.45, 2.75) is 45.9 Å². The molecule has 2 atom stereocenters. The first-order chi connectivity index (χ1) is 14.4. The number of nitrogens with zero attached hydrogens (tertiary/aromatic N) is 1. The first kappa shape index (κ1) is 22.0. The highest BCUT2D eigenvalue weighted by molar-refractivity contribution is 5.95. The second-order valence-electron chi connectivity index (χ2n) is 7.78. The number of anilines is 1. The lowest BCUT2D eigenvalue weighted by atomic mass is 10.1. The molecule has 0 radical (unpaired) electrons. The van der Waals surface area contributed by atoms with Crippen molar-refractivity contribution in [2.75, 3.05) is 25.0 Å². The molecular weight excluding hydrogens is 380 g/mol. The van der Waals surface area contributed by atoms with Crippen LogP contribution in [0.2, 0.25) is 0 Å². The fourth-order valence-corrected chi connectivity index (χ4v) is 3.77. The predicted molar refractivity (Wildman–Crippen MR) is 116 cm³/mol. The zero-order valence-electron chi connectivity index (χ0n) is 17.9. The Hall–Kier alpha value is -2.70. The Morgan fingerprint density at radius 3 is 2.40 bits per heavy atom. The highest BCUT2D eigenvalue weighted by atomic mass is 16.5. The second kappa shape index (κ2) is 10.4. The van der Waals surface area contributed by atoms with E-state index in [1.54, 1.807) is 12.1 Å². The number of ether oxygens (including phenoxy) is 2. The maximum atomic E-state index is 12.3. The first-order valence-electron chi connectivity index (χ1n) is 10.5. The van der Waals surface area contributed by atoms with Gasteiger partial charge in [0.25, 0.3) is 5.91 Å². The van der Waals surface area contributed by atoms with Gasteiger partial charge < -0.3 is 14.8 Å². The van der Waals surface area contributed by atoms with Crippen LogP contribution in [0.3, 0.4) is 0 Å². The Morgan fingerprint density at radius 2 is 1.73 bits per heavy atom. The van der Waals surface area contributed by atoms with Crippen molar-refractivity contribution in [1.29, 1.82) is 0 Å². The van der Waals surface area contributed by atoms with Crippen molar-refractivity contribution < 1.29 is 19.1 Å². The molecule has 1 amide bonds. The average molecular weight is 411 g/mol. The van der Waals surface area contributed by atoms with Gasteiger partial charge in [-0.25, -0.2) is 4.79 Å². The highest BCUT2D eigenvalue weighted by Crippen LogP contribution is 2.16. The monoisotopic (exact) mass is 410 g/mol. The minimum atomic E-state index is -0.505. The smallest absolute Gasteiger partial charge is 0.338 e. The van der Waals surface area contributed by atoms with Crippen LogP contribution in [0.15, 0.2) is 48.5 Å². The summed E-state index contributed by atoms with van der Waals surface area (Å²) in [6.45, 7) is 8.47. The molecule has 30 heavy (non-hydrogen) atoms. The van der Waals surface area contributed by atoms with Crippen LogP contribution in [0.1, 0.15) is 42.3 Å². The molecule has 1 heterocycles. The summed E-state index contributed by atoms with van der Waals surface area (Å²) in [6, 6.07) is 14.9. The Bertz CT molecular complexity index is 856. The van der Waals surface area contributed by atoms with E-state index in [4.69, 9.17) is 9.47 Å². The van der Waals surface area contributed by atoms with Crippen LogP contribution in [0.4, 0.5) is 5.69 Å². The Morgan fingerprint density at radius 1 is 1.07 bits per heavy atom. The zero-order valence-corrected chi connectivity index (χ0v) is 17.9. The topological polar surface area (TPSA) is 67.9 Å². The summed E-state index contributed by atoms with van der Waals surface area (Å²) in [5, 5.41) is 2.80. The minimum absolute atomic E-state index is 0.221. The van der Waals surface area contributed by atoms with Crippen LogP contribution < -0.4 is 5.32 Å². The number of nitrogens with one attached hydrogen (secondary N) is 1. The van der Waals surface area contributed by atoms with Crippen LogP contribution in [-0.2, 0) is 27.2 Å². The van der Waals surface area contributed by atoms with Gasteiger partial charge in [0, 0.05) is 25.3 Å². The van der Waals surface area contributed by atoms with Crippen LogP contribution in [0.5, 0.6) is 0 Å². The molecule has 6 heteroatoms. The molecule has 1 aliphatic heterocycles. The molecule has 0 bridgehead atoms. The highest BCUT2D eigenvalue weighted by Gasteiger charge is 2.22. The van der Waals surface area contributed by atoms with E-state index in [2.05, 4.69) is 24.1 Å². The van der Waals surface area contributed by atoms with Gasteiger partial charge in [-0.05, 0) is 49.6 Å². The molecule has 1 saturated heterocycles. The lowest BCUT2D eigenvalue weighted by molar-refractivity contribution is -0.119. The van der Waals surface area contributed by atoms with Crippen molar-refractivity contribution in [3.63, 3.8) is 0 Å². The molecule has 1 N–H and O–H groups in total. The third kappa shape index (κ3) is 6.15. The van der Waals surface area contributed by atoms with E-state index in [0.717, 1.165) is 42.9 Å². The standard InChI is InChI=1S/C24H30N2O4/c1-4-20-7-5-6-8-22(20)25-23(27)16-29-24(28)21-11-9-19(10-12-21)15-26-13-17(2)30-18(3)14-26/h5-12,17-18H,4,13-16H2,1-3H3,(H,25,27). The molecule has 6 nitrogen and oxygen atoms in total. The molecule has 0 aromatic heterocycles. The normalized spacial score (nSPS) is 19.3. The van der Waals surface area contributed by atoms with Gasteiger partial charge in [0.2, 0.25) is 0 Å². The van der Waals surface area contributed by atoms with E-state index in [-0.39, 0.29) is 24.7 Å². The van der Waals surface area contributed by atoms with Crippen molar-refractivity contribution in [3.05, 3.63) is 65.2 Å². The quantitative estimate of drug-likeness (QED) is 0.706. The average Bonchev–Trinajstić information content (AvgIpc) is 2.72. The molecule has 160 valence electrons. The lowest BCUT2D eigenvalue weighted by Crippen LogP contribution is -2.44. The van der Waals surface area contributed by atoms with Gasteiger partial charge in [0.15, 0.2) is 6.61 Å². The lowest BCUT2D eigenvalue weighted by Gasteiger charge is -2.35. The summed E-state index contributed by atoms with van der Waals surface area (Å²) in [6.07, 6.45) is 1.25.